The van der Waals surface area contributed by atoms with E-state index < -0.39 is 11.6 Å². The molecule has 3 atom stereocenters. The minimum atomic E-state index is -1.33. The molecule has 1 saturated heterocycles. The number of likely N-dealkylation sites (N-methyl/N-ethyl adjacent to an activating group) is 1. The highest BCUT2D eigenvalue weighted by Crippen LogP contribution is 2.32. The van der Waals surface area contributed by atoms with Gasteiger partial charge in [0.05, 0.1) is 0 Å². The number of carboxylic acid groups (broad SMARTS) is 1. The predicted octanol–water partition coefficient (Wildman–Crippen LogP) is 3.32. The lowest BCUT2D eigenvalue weighted by Crippen LogP contribution is -2.60. The first-order valence-corrected chi connectivity index (χ1v) is 11.9. The first kappa shape index (κ1) is 23.9. The Morgan fingerprint density at radius 2 is 1.85 bits per heavy atom. The van der Waals surface area contributed by atoms with Crippen LogP contribution in [0.4, 0.5) is 4.79 Å². The molecule has 4 rings (SSSR count). The lowest BCUT2D eigenvalue weighted by atomic mass is 9.88. The minimum absolute atomic E-state index is 0.0754. The average molecular weight is 468 g/mol. The van der Waals surface area contributed by atoms with Crippen LogP contribution < -0.4 is 14.8 Å². The molecule has 2 aromatic rings. The maximum Gasteiger partial charge on any atom is 0.408 e. The van der Waals surface area contributed by atoms with Gasteiger partial charge in [-0.05, 0) is 50.9 Å². The van der Waals surface area contributed by atoms with Gasteiger partial charge in [-0.25, -0.2) is 4.79 Å². The Labute approximate surface area is 200 Å². The summed E-state index contributed by atoms with van der Waals surface area (Å²) in [7, 11) is 0. The summed E-state index contributed by atoms with van der Waals surface area (Å²) in [5.74, 6) is 1.22. The Morgan fingerprint density at radius 1 is 1.15 bits per heavy atom. The standard InChI is InChI=1S/C26H33N3O5/c1-3-29(25(31)32)26(2,19-10-5-4-6-11-19)24(30)27-20-12-9-15-28(16-20)17-21-18-33-22-13-7-8-14-23(22)34-21/h4-8,10-11,13-14,20-21H,3,9,12,15-18H2,1-2H3,(H,27,30)(H,31,32)/t20-,21-,26?/m0/s1. The highest BCUT2D eigenvalue weighted by atomic mass is 16.6. The summed E-state index contributed by atoms with van der Waals surface area (Å²) < 4.78 is 12.0. The lowest BCUT2D eigenvalue weighted by molar-refractivity contribution is -0.133. The maximum atomic E-state index is 13.6. The van der Waals surface area contributed by atoms with Crippen LogP contribution in [-0.2, 0) is 10.3 Å². The molecular weight excluding hydrogens is 434 g/mol. The molecule has 2 amide bonds. The molecule has 2 aromatic carbocycles. The van der Waals surface area contributed by atoms with Crippen molar-refractivity contribution in [2.24, 2.45) is 0 Å². The number of para-hydroxylation sites is 2. The van der Waals surface area contributed by atoms with E-state index in [1.54, 1.807) is 26.0 Å². The topological polar surface area (TPSA) is 91.3 Å². The third-order valence-corrected chi connectivity index (χ3v) is 6.74. The summed E-state index contributed by atoms with van der Waals surface area (Å²) in [6.45, 7) is 6.41. The number of hydrogen-bond donors (Lipinski definition) is 2. The van der Waals surface area contributed by atoms with Crippen LogP contribution in [0.1, 0.15) is 32.3 Å². The number of likely N-dealkylation sites (tertiary alicyclic amines) is 1. The molecule has 0 bridgehead atoms. The van der Waals surface area contributed by atoms with Crippen molar-refractivity contribution in [3.63, 3.8) is 0 Å². The number of carbonyl (C=O) groups is 2. The molecule has 0 aromatic heterocycles. The molecule has 1 unspecified atom stereocenters. The third kappa shape index (κ3) is 4.97. The monoisotopic (exact) mass is 467 g/mol. The lowest BCUT2D eigenvalue weighted by Gasteiger charge is -2.41. The van der Waals surface area contributed by atoms with E-state index in [4.69, 9.17) is 9.47 Å². The van der Waals surface area contributed by atoms with E-state index in [9.17, 15) is 14.7 Å². The van der Waals surface area contributed by atoms with Crippen LogP contribution in [0.25, 0.3) is 0 Å². The van der Waals surface area contributed by atoms with Gasteiger partial charge in [0.25, 0.3) is 5.91 Å². The molecule has 0 saturated carbocycles. The number of piperidine rings is 1. The first-order valence-electron chi connectivity index (χ1n) is 11.9. The van der Waals surface area contributed by atoms with Crippen LogP contribution in [0.3, 0.4) is 0 Å². The van der Waals surface area contributed by atoms with Crippen LogP contribution in [0.2, 0.25) is 0 Å². The summed E-state index contributed by atoms with van der Waals surface area (Å²) in [4.78, 5) is 29.1. The number of amides is 2. The van der Waals surface area contributed by atoms with Crippen LogP contribution in [0.5, 0.6) is 11.5 Å². The second-order valence-corrected chi connectivity index (χ2v) is 9.03. The summed E-state index contributed by atoms with van der Waals surface area (Å²) in [6, 6.07) is 16.7. The molecule has 2 heterocycles. The molecule has 2 N–H and O–H groups in total. The van der Waals surface area contributed by atoms with Crippen molar-refractivity contribution in [3.8, 4) is 11.5 Å². The fourth-order valence-corrected chi connectivity index (χ4v) is 4.92. The van der Waals surface area contributed by atoms with Crippen molar-refractivity contribution in [1.29, 1.82) is 0 Å². The first-order chi connectivity index (χ1) is 16.4. The van der Waals surface area contributed by atoms with Gasteiger partial charge in [-0.15, -0.1) is 0 Å². The normalized spacial score (nSPS) is 21.8. The van der Waals surface area contributed by atoms with Gasteiger partial charge in [-0.1, -0.05) is 42.5 Å². The Kier molecular flexibility index (Phi) is 7.26. The molecular formula is C26H33N3O5. The van der Waals surface area contributed by atoms with Crippen LogP contribution >= 0.6 is 0 Å². The highest BCUT2D eigenvalue weighted by molar-refractivity contribution is 5.90. The van der Waals surface area contributed by atoms with E-state index in [0.717, 1.165) is 30.9 Å². The summed E-state index contributed by atoms with van der Waals surface area (Å²) >= 11 is 0. The average Bonchev–Trinajstić information content (AvgIpc) is 2.84. The van der Waals surface area contributed by atoms with Gasteiger partial charge < -0.3 is 19.9 Å². The van der Waals surface area contributed by atoms with Crippen LogP contribution in [0.15, 0.2) is 54.6 Å². The largest absolute Gasteiger partial charge is 0.486 e. The molecule has 1 fully saturated rings. The summed E-state index contributed by atoms with van der Waals surface area (Å²) in [5.41, 5.74) is -0.676. The van der Waals surface area contributed by atoms with Crippen molar-refractivity contribution in [2.75, 3.05) is 32.8 Å². The third-order valence-electron chi connectivity index (χ3n) is 6.74. The van der Waals surface area contributed by atoms with Crippen molar-refractivity contribution >= 4 is 12.0 Å². The van der Waals surface area contributed by atoms with E-state index in [2.05, 4.69) is 10.2 Å². The quantitative estimate of drug-likeness (QED) is 0.649. The number of ether oxygens (including phenoxy) is 2. The number of nitrogens with one attached hydrogen (secondary N) is 1. The maximum absolute atomic E-state index is 13.6. The molecule has 0 spiro atoms. The Hall–Kier alpha value is -3.26. The smallest absolute Gasteiger partial charge is 0.408 e. The van der Waals surface area contributed by atoms with Crippen molar-refractivity contribution in [3.05, 3.63) is 60.2 Å². The Morgan fingerprint density at radius 3 is 2.56 bits per heavy atom. The van der Waals surface area contributed by atoms with Crippen molar-refractivity contribution < 1.29 is 24.2 Å². The molecule has 0 aliphatic carbocycles. The predicted molar refractivity (Wildman–Crippen MR) is 128 cm³/mol. The zero-order valence-corrected chi connectivity index (χ0v) is 19.8. The van der Waals surface area contributed by atoms with Gasteiger partial charge in [-0.2, -0.15) is 0 Å². The van der Waals surface area contributed by atoms with Crippen molar-refractivity contribution in [2.45, 2.75) is 44.4 Å². The summed E-state index contributed by atoms with van der Waals surface area (Å²) in [6.07, 6.45) is 0.579. The number of hydrogen-bond acceptors (Lipinski definition) is 5. The Bertz CT molecular complexity index is 1000. The van der Waals surface area contributed by atoms with Crippen molar-refractivity contribution in [1.82, 2.24) is 15.1 Å². The minimum Gasteiger partial charge on any atom is -0.486 e. The summed E-state index contributed by atoms with van der Waals surface area (Å²) in [5, 5.41) is 13.0. The number of rotatable bonds is 7. The fraction of sp³-hybridized carbons (Fsp3) is 0.462. The number of benzene rings is 2. The van der Waals surface area contributed by atoms with Gasteiger partial charge in [-0.3, -0.25) is 14.6 Å². The molecule has 8 nitrogen and oxygen atoms in total. The molecule has 2 aliphatic heterocycles. The van der Waals surface area contributed by atoms with E-state index in [-0.39, 0.29) is 24.6 Å². The zero-order chi connectivity index (χ0) is 24.1. The van der Waals surface area contributed by atoms with Gasteiger partial charge in [0.1, 0.15) is 18.2 Å². The van der Waals surface area contributed by atoms with Gasteiger partial charge >= 0.3 is 6.09 Å². The molecule has 0 radical (unpaired) electrons. The SMILES string of the molecule is CCN(C(=O)O)C(C)(C(=O)N[C@H]1CCCN(C[C@H]2COc3ccccc3O2)C1)c1ccccc1. The van der Waals surface area contributed by atoms with Crippen LogP contribution in [-0.4, -0.2) is 71.8 Å². The second kappa shape index (κ2) is 10.3. The van der Waals surface area contributed by atoms with Gasteiger partial charge in [0.15, 0.2) is 11.5 Å². The molecule has 34 heavy (non-hydrogen) atoms. The second-order valence-electron chi connectivity index (χ2n) is 9.03. The molecule has 182 valence electrons. The fourth-order valence-electron chi connectivity index (χ4n) is 4.92. The van der Waals surface area contributed by atoms with Gasteiger partial charge in [0.2, 0.25) is 0 Å². The van der Waals surface area contributed by atoms with Crippen LogP contribution in [0, 0.1) is 0 Å². The zero-order valence-electron chi connectivity index (χ0n) is 19.8. The highest BCUT2D eigenvalue weighted by Gasteiger charge is 2.44. The van der Waals surface area contributed by atoms with E-state index in [0.29, 0.717) is 25.3 Å². The van der Waals surface area contributed by atoms with Gasteiger partial charge in [0, 0.05) is 25.7 Å². The number of nitrogens with zero attached hydrogens (tertiary/aromatic N) is 2. The molecule has 8 heteroatoms. The van der Waals surface area contributed by atoms with E-state index >= 15 is 0 Å². The molecule has 2 aliphatic rings. The van der Waals surface area contributed by atoms with E-state index in [1.165, 1.54) is 4.90 Å². The number of fused-ring (bicyclic) bond motifs is 1. The van der Waals surface area contributed by atoms with E-state index in [1.807, 2.05) is 42.5 Å². The number of carbonyl (C=O) groups excluding carboxylic acids is 1. The Balaban J connectivity index is 1.43.